The van der Waals surface area contributed by atoms with Crippen LogP contribution in [-0.4, -0.2) is 37.6 Å². The Bertz CT molecular complexity index is 656. The number of nitrogens with zero attached hydrogens (tertiary/aromatic N) is 4. The van der Waals surface area contributed by atoms with E-state index >= 15 is 0 Å². The van der Waals surface area contributed by atoms with Gasteiger partial charge in [0.1, 0.15) is 0 Å². The van der Waals surface area contributed by atoms with Crippen molar-refractivity contribution < 1.29 is 14.5 Å². The van der Waals surface area contributed by atoms with E-state index in [9.17, 15) is 14.9 Å². The maximum Gasteiger partial charge on any atom is 0.339 e. The van der Waals surface area contributed by atoms with E-state index in [-0.39, 0.29) is 28.7 Å². The van der Waals surface area contributed by atoms with Gasteiger partial charge in [0.2, 0.25) is 5.82 Å². The number of H-pyrrole nitrogens is 1. The number of rotatable bonds is 5. The fourth-order valence-electron chi connectivity index (χ4n) is 1.61. The molecule has 2 rings (SSSR count). The number of aromatic amines is 1. The first-order chi connectivity index (χ1) is 10.0. The molecule has 110 valence electrons. The lowest BCUT2D eigenvalue weighted by Gasteiger charge is -2.12. The number of nitro groups is 1. The number of carbonyl (C=O) groups is 1. The fraction of sp³-hybridized carbons (Fsp3) is 0.333. The van der Waals surface area contributed by atoms with Crippen molar-refractivity contribution in [1.29, 1.82) is 0 Å². The first-order valence-electron chi connectivity index (χ1n) is 6.26. The summed E-state index contributed by atoms with van der Waals surface area (Å²) in [5, 5.41) is 24.0. The Morgan fingerprint density at radius 3 is 2.86 bits per heavy atom. The maximum absolute atomic E-state index is 12.1. The molecule has 0 saturated carbocycles. The van der Waals surface area contributed by atoms with Gasteiger partial charge in [-0.05, 0) is 24.6 Å². The van der Waals surface area contributed by atoms with Crippen molar-refractivity contribution in [2.24, 2.45) is 0 Å². The summed E-state index contributed by atoms with van der Waals surface area (Å²) in [4.78, 5) is 22.4. The second kappa shape index (κ2) is 6.07. The number of nitro benzene ring substituents is 1. The van der Waals surface area contributed by atoms with E-state index in [0.29, 0.717) is 6.42 Å². The Kier molecular flexibility index (Phi) is 4.21. The molecule has 1 aromatic carbocycles. The van der Waals surface area contributed by atoms with Crippen LogP contribution in [0.5, 0.6) is 0 Å². The minimum absolute atomic E-state index is 0.0924. The lowest BCUT2D eigenvalue weighted by atomic mass is 10.1. The van der Waals surface area contributed by atoms with Crippen molar-refractivity contribution in [3.05, 3.63) is 33.9 Å². The van der Waals surface area contributed by atoms with Gasteiger partial charge in [-0.1, -0.05) is 6.92 Å². The molecule has 0 saturated heterocycles. The average molecular weight is 291 g/mol. The largest absolute Gasteiger partial charge is 0.459 e. The first-order valence-corrected chi connectivity index (χ1v) is 6.26. The Morgan fingerprint density at radius 2 is 2.29 bits per heavy atom. The third-order valence-electron chi connectivity index (χ3n) is 2.90. The molecule has 9 heteroatoms. The first kappa shape index (κ1) is 14.6. The van der Waals surface area contributed by atoms with Gasteiger partial charge in [-0.3, -0.25) is 10.1 Å². The Balaban J connectivity index is 2.45. The molecule has 1 N–H and O–H groups in total. The summed E-state index contributed by atoms with van der Waals surface area (Å²) in [6, 6.07) is 3.78. The second-order valence-corrected chi connectivity index (χ2v) is 4.35. The summed E-state index contributed by atoms with van der Waals surface area (Å²) in [5.41, 5.74) is 0.184. The SMILES string of the molecule is CCC(C)OC(=O)c1ccc([N+](=O)[O-])cc1-c1nn[nH]n1. The predicted octanol–water partition coefficient (Wildman–Crippen LogP) is 1.73. The standard InChI is InChI=1S/C12H13N5O4/c1-3-7(2)21-12(18)9-5-4-8(17(19)20)6-10(9)11-13-15-16-14-11/h4-7H,3H2,1-2H3,(H,13,14,15,16). The van der Waals surface area contributed by atoms with Crippen LogP contribution in [0.3, 0.4) is 0 Å². The van der Waals surface area contributed by atoms with Crippen molar-refractivity contribution in [3.63, 3.8) is 0 Å². The van der Waals surface area contributed by atoms with Gasteiger partial charge in [0.05, 0.1) is 16.6 Å². The van der Waals surface area contributed by atoms with Gasteiger partial charge in [-0.25, -0.2) is 4.79 Å². The van der Waals surface area contributed by atoms with E-state index in [1.807, 2.05) is 6.92 Å². The maximum atomic E-state index is 12.1. The number of benzene rings is 1. The van der Waals surface area contributed by atoms with E-state index in [0.717, 1.165) is 0 Å². The number of hydrogen-bond acceptors (Lipinski definition) is 7. The van der Waals surface area contributed by atoms with Crippen molar-refractivity contribution in [2.75, 3.05) is 0 Å². The minimum atomic E-state index is -0.584. The fourth-order valence-corrected chi connectivity index (χ4v) is 1.61. The van der Waals surface area contributed by atoms with Gasteiger partial charge >= 0.3 is 5.97 Å². The molecule has 1 unspecified atom stereocenters. The smallest absolute Gasteiger partial charge is 0.339 e. The highest BCUT2D eigenvalue weighted by atomic mass is 16.6. The summed E-state index contributed by atoms with van der Waals surface area (Å²) in [6.07, 6.45) is 0.404. The molecule has 1 aromatic heterocycles. The van der Waals surface area contributed by atoms with Crippen LogP contribution in [0, 0.1) is 10.1 Å². The average Bonchev–Trinajstić information content (AvgIpc) is 3.00. The zero-order valence-corrected chi connectivity index (χ0v) is 11.4. The van der Waals surface area contributed by atoms with E-state index in [1.54, 1.807) is 6.92 Å². The Labute approximate surface area is 119 Å². The second-order valence-electron chi connectivity index (χ2n) is 4.35. The van der Waals surface area contributed by atoms with Crippen LogP contribution in [0.2, 0.25) is 0 Å². The van der Waals surface area contributed by atoms with Gasteiger partial charge in [-0.15, -0.1) is 10.2 Å². The number of carbonyl (C=O) groups excluding carboxylic acids is 1. The normalized spacial score (nSPS) is 11.9. The quantitative estimate of drug-likeness (QED) is 0.505. The minimum Gasteiger partial charge on any atom is -0.459 e. The summed E-state index contributed by atoms with van der Waals surface area (Å²) < 4.78 is 5.23. The number of hydrogen-bond donors (Lipinski definition) is 1. The molecule has 0 amide bonds. The highest BCUT2D eigenvalue weighted by Crippen LogP contribution is 2.26. The van der Waals surface area contributed by atoms with Crippen molar-refractivity contribution in [3.8, 4) is 11.4 Å². The van der Waals surface area contributed by atoms with Crippen molar-refractivity contribution >= 4 is 11.7 Å². The molecule has 0 bridgehead atoms. The predicted molar refractivity (Wildman–Crippen MR) is 71.4 cm³/mol. The van der Waals surface area contributed by atoms with Crippen molar-refractivity contribution in [1.82, 2.24) is 20.6 Å². The zero-order valence-electron chi connectivity index (χ0n) is 11.4. The summed E-state index contributed by atoms with van der Waals surface area (Å²) in [5.74, 6) is -0.492. The molecule has 9 nitrogen and oxygen atoms in total. The molecular weight excluding hydrogens is 278 g/mol. The molecule has 0 aliphatic rings. The molecule has 0 aliphatic carbocycles. The molecule has 0 radical (unpaired) electrons. The lowest BCUT2D eigenvalue weighted by Crippen LogP contribution is -2.15. The molecule has 21 heavy (non-hydrogen) atoms. The molecular formula is C12H13N5O4. The van der Waals surface area contributed by atoms with Crippen LogP contribution in [0.25, 0.3) is 11.4 Å². The Morgan fingerprint density at radius 1 is 1.52 bits per heavy atom. The number of non-ortho nitro benzene ring substituents is 1. The molecule has 2 aromatic rings. The lowest BCUT2D eigenvalue weighted by molar-refractivity contribution is -0.384. The molecule has 1 atom stereocenters. The van der Waals surface area contributed by atoms with Crippen LogP contribution in [-0.2, 0) is 4.74 Å². The van der Waals surface area contributed by atoms with Crippen molar-refractivity contribution in [2.45, 2.75) is 26.4 Å². The zero-order chi connectivity index (χ0) is 15.4. The number of esters is 1. The van der Waals surface area contributed by atoms with E-state index in [2.05, 4.69) is 20.6 Å². The number of ether oxygens (including phenoxy) is 1. The number of aromatic nitrogens is 4. The van der Waals surface area contributed by atoms with Crippen LogP contribution in [0.15, 0.2) is 18.2 Å². The number of tetrazole rings is 1. The summed E-state index contributed by atoms with van der Waals surface area (Å²) >= 11 is 0. The third kappa shape index (κ3) is 3.19. The van der Waals surface area contributed by atoms with Gasteiger partial charge in [0, 0.05) is 17.7 Å². The molecule has 0 spiro atoms. The highest BCUT2D eigenvalue weighted by Gasteiger charge is 2.21. The number of nitrogens with one attached hydrogen (secondary N) is 1. The molecule has 0 fully saturated rings. The van der Waals surface area contributed by atoms with E-state index in [4.69, 9.17) is 4.74 Å². The van der Waals surface area contributed by atoms with Crippen LogP contribution in [0.4, 0.5) is 5.69 Å². The van der Waals surface area contributed by atoms with Gasteiger partial charge in [0.15, 0.2) is 0 Å². The molecule has 0 aliphatic heterocycles. The molecule has 1 heterocycles. The summed E-state index contributed by atoms with van der Waals surface area (Å²) in [6.45, 7) is 3.64. The van der Waals surface area contributed by atoms with Crippen LogP contribution < -0.4 is 0 Å². The van der Waals surface area contributed by atoms with Gasteiger partial charge < -0.3 is 4.74 Å². The van der Waals surface area contributed by atoms with Gasteiger partial charge in [0.25, 0.3) is 5.69 Å². The van der Waals surface area contributed by atoms with E-state index < -0.39 is 10.9 Å². The highest BCUT2D eigenvalue weighted by molar-refractivity contribution is 5.97. The van der Waals surface area contributed by atoms with Crippen LogP contribution in [0.1, 0.15) is 30.6 Å². The topological polar surface area (TPSA) is 124 Å². The monoisotopic (exact) mass is 291 g/mol. The summed E-state index contributed by atoms with van der Waals surface area (Å²) in [7, 11) is 0. The van der Waals surface area contributed by atoms with Crippen LogP contribution >= 0.6 is 0 Å². The third-order valence-corrected chi connectivity index (χ3v) is 2.90. The van der Waals surface area contributed by atoms with E-state index in [1.165, 1.54) is 18.2 Å². The Hall–Kier alpha value is -2.84. The van der Waals surface area contributed by atoms with Gasteiger partial charge in [-0.2, -0.15) is 5.21 Å².